The van der Waals surface area contributed by atoms with Gasteiger partial charge in [0.1, 0.15) is 0 Å². The van der Waals surface area contributed by atoms with Gasteiger partial charge in [-0.1, -0.05) is 33.6 Å². The van der Waals surface area contributed by atoms with Crippen LogP contribution in [0.4, 0.5) is 0 Å². The second kappa shape index (κ2) is 7.84. The fraction of sp³-hybridized carbons (Fsp3) is 0.917. The average Bonchev–Trinajstić information content (AvgIpc) is 2.11. The molecule has 0 heterocycles. The van der Waals surface area contributed by atoms with E-state index in [1.807, 2.05) is 6.92 Å². The van der Waals surface area contributed by atoms with Gasteiger partial charge in [0, 0.05) is 6.42 Å². The Morgan fingerprint density at radius 1 is 1.21 bits per heavy atom. The second-order valence-corrected chi connectivity index (χ2v) is 4.38. The van der Waals surface area contributed by atoms with E-state index in [0.717, 1.165) is 25.7 Å². The van der Waals surface area contributed by atoms with E-state index in [4.69, 9.17) is 4.74 Å². The summed E-state index contributed by atoms with van der Waals surface area (Å²) in [5.41, 5.74) is 0. The van der Waals surface area contributed by atoms with Crippen LogP contribution in [0.1, 0.15) is 59.8 Å². The highest BCUT2D eigenvalue weighted by Gasteiger charge is 2.09. The highest BCUT2D eigenvalue weighted by molar-refractivity contribution is 5.69. The molecule has 0 aromatic heterocycles. The lowest BCUT2D eigenvalue weighted by molar-refractivity contribution is -0.148. The smallest absolute Gasteiger partial charge is 0.306 e. The monoisotopic (exact) mass is 200 g/mol. The van der Waals surface area contributed by atoms with Crippen molar-refractivity contribution in [3.8, 4) is 0 Å². The Balaban J connectivity index is 3.50. The molecule has 0 N–H and O–H groups in total. The second-order valence-electron chi connectivity index (χ2n) is 4.38. The number of rotatable bonds is 7. The van der Waals surface area contributed by atoms with Crippen molar-refractivity contribution in [2.24, 2.45) is 5.92 Å². The van der Waals surface area contributed by atoms with Gasteiger partial charge in [0.05, 0.1) is 6.10 Å². The quantitative estimate of drug-likeness (QED) is 0.587. The largest absolute Gasteiger partial charge is 0.463 e. The van der Waals surface area contributed by atoms with Crippen molar-refractivity contribution in [1.82, 2.24) is 0 Å². The summed E-state index contributed by atoms with van der Waals surface area (Å²) < 4.78 is 5.26. The molecule has 0 rings (SSSR count). The van der Waals surface area contributed by atoms with Crippen LogP contribution in [0.15, 0.2) is 0 Å². The molecule has 0 radical (unpaired) electrons. The van der Waals surface area contributed by atoms with Crippen LogP contribution in [0, 0.1) is 5.92 Å². The molecular formula is C12H24O2. The third-order valence-corrected chi connectivity index (χ3v) is 2.22. The van der Waals surface area contributed by atoms with E-state index in [2.05, 4.69) is 20.8 Å². The van der Waals surface area contributed by atoms with Crippen LogP contribution in [0.25, 0.3) is 0 Å². The van der Waals surface area contributed by atoms with E-state index in [0.29, 0.717) is 12.3 Å². The normalized spacial score (nSPS) is 12.9. The van der Waals surface area contributed by atoms with E-state index >= 15 is 0 Å². The van der Waals surface area contributed by atoms with E-state index in [-0.39, 0.29) is 12.1 Å². The van der Waals surface area contributed by atoms with Crippen molar-refractivity contribution in [2.75, 3.05) is 0 Å². The number of unbranched alkanes of at least 4 members (excludes halogenated alkanes) is 1. The Morgan fingerprint density at radius 3 is 2.36 bits per heavy atom. The summed E-state index contributed by atoms with van der Waals surface area (Å²) in [4.78, 5) is 11.3. The minimum absolute atomic E-state index is 0.0395. The van der Waals surface area contributed by atoms with Gasteiger partial charge in [0.15, 0.2) is 0 Å². The molecule has 0 aliphatic carbocycles. The van der Waals surface area contributed by atoms with Crippen LogP contribution >= 0.6 is 0 Å². The van der Waals surface area contributed by atoms with Crippen molar-refractivity contribution < 1.29 is 9.53 Å². The Hall–Kier alpha value is -0.530. The van der Waals surface area contributed by atoms with E-state index in [1.165, 1.54) is 0 Å². The van der Waals surface area contributed by atoms with Gasteiger partial charge in [-0.05, 0) is 25.7 Å². The molecule has 2 heteroatoms. The van der Waals surface area contributed by atoms with Crippen molar-refractivity contribution in [1.29, 1.82) is 0 Å². The highest BCUT2D eigenvalue weighted by atomic mass is 16.5. The van der Waals surface area contributed by atoms with Crippen LogP contribution in [-0.4, -0.2) is 12.1 Å². The maximum absolute atomic E-state index is 11.3. The van der Waals surface area contributed by atoms with Crippen LogP contribution < -0.4 is 0 Å². The Kier molecular flexibility index (Phi) is 7.54. The minimum atomic E-state index is -0.0395. The summed E-state index contributed by atoms with van der Waals surface area (Å²) in [6.45, 7) is 8.36. The number of esters is 1. The molecule has 0 aromatic rings. The molecule has 0 bridgehead atoms. The molecular weight excluding hydrogens is 176 g/mol. The lowest BCUT2D eigenvalue weighted by Crippen LogP contribution is -2.15. The topological polar surface area (TPSA) is 26.3 Å². The first kappa shape index (κ1) is 13.5. The molecule has 84 valence electrons. The summed E-state index contributed by atoms with van der Waals surface area (Å²) in [6, 6.07) is 0. The molecule has 0 saturated heterocycles. The van der Waals surface area contributed by atoms with Crippen LogP contribution in [0.5, 0.6) is 0 Å². The summed E-state index contributed by atoms with van der Waals surface area (Å²) in [5, 5.41) is 0. The first-order chi connectivity index (χ1) is 6.56. The standard InChI is InChI=1S/C12H24O2/c1-5-6-7-11(4)14-12(13)9-8-10(2)3/h10-11H,5-9H2,1-4H3. The van der Waals surface area contributed by atoms with Gasteiger partial charge in [0.25, 0.3) is 0 Å². The number of ether oxygens (including phenoxy) is 1. The summed E-state index contributed by atoms with van der Waals surface area (Å²) in [6.07, 6.45) is 4.87. The molecule has 0 amide bonds. The molecule has 0 aliphatic rings. The van der Waals surface area contributed by atoms with Gasteiger partial charge in [0.2, 0.25) is 0 Å². The first-order valence-corrected chi connectivity index (χ1v) is 5.75. The lowest BCUT2D eigenvalue weighted by Gasteiger charge is -2.13. The van der Waals surface area contributed by atoms with Gasteiger partial charge >= 0.3 is 5.97 Å². The van der Waals surface area contributed by atoms with E-state index in [9.17, 15) is 4.79 Å². The number of hydrogen-bond acceptors (Lipinski definition) is 2. The van der Waals surface area contributed by atoms with Crippen molar-refractivity contribution in [3.05, 3.63) is 0 Å². The average molecular weight is 200 g/mol. The zero-order chi connectivity index (χ0) is 11.0. The van der Waals surface area contributed by atoms with Gasteiger partial charge < -0.3 is 4.74 Å². The van der Waals surface area contributed by atoms with Crippen LogP contribution in [-0.2, 0) is 9.53 Å². The predicted octanol–water partition coefficient (Wildman–Crippen LogP) is 3.54. The van der Waals surface area contributed by atoms with Crippen LogP contribution in [0.2, 0.25) is 0 Å². The predicted molar refractivity (Wildman–Crippen MR) is 59.2 cm³/mol. The highest BCUT2D eigenvalue weighted by Crippen LogP contribution is 2.08. The summed E-state index contributed by atoms with van der Waals surface area (Å²) in [7, 11) is 0. The van der Waals surface area contributed by atoms with E-state index < -0.39 is 0 Å². The fourth-order valence-electron chi connectivity index (χ4n) is 1.24. The third kappa shape index (κ3) is 8.09. The van der Waals surface area contributed by atoms with E-state index in [1.54, 1.807) is 0 Å². The number of carbonyl (C=O) groups is 1. The maximum Gasteiger partial charge on any atom is 0.306 e. The van der Waals surface area contributed by atoms with Crippen molar-refractivity contribution in [2.45, 2.75) is 65.9 Å². The molecule has 0 spiro atoms. The molecule has 0 saturated carbocycles. The van der Waals surface area contributed by atoms with Crippen molar-refractivity contribution in [3.63, 3.8) is 0 Å². The van der Waals surface area contributed by atoms with Gasteiger partial charge in [-0.2, -0.15) is 0 Å². The number of carbonyl (C=O) groups excluding carboxylic acids is 1. The third-order valence-electron chi connectivity index (χ3n) is 2.22. The van der Waals surface area contributed by atoms with Gasteiger partial charge in [-0.15, -0.1) is 0 Å². The maximum atomic E-state index is 11.3. The molecule has 14 heavy (non-hydrogen) atoms. The molecule has 0 aromatic carbocycles. The Labute approximate surface area is 88.0 Å². The molecule has 1 atom stereocenters. The minimum Gasteiger partial charge on any atom is -0.463 e. The zero-order valence-electron chi connectivity index (χ0n) is 10.0. The Bertz CT molecular complexity index is 152. The number of hydrogen-bond donors (Lipinski definition) is 0. The van der Waals surface area contributed by atoms with Gasteiger partial charge in [-0.25, -0.2) is 0 Å². The molecule has 0 fully saturated rings. The SMILES string of the molecule is CCCCC(C)OC(=O)CCC(C)C. The van der Waals surface area contributed by atoms with Crippen LogP contribution in [0.3, 0.4) is 0 Å². The van der Waals surface area contributed by atoms with Gasteiger partial charge in [-0.3, -0.25) is 4.79 Å². The van der Waals surface area contributed by atoms with Crippen molar-refractivity contribution >= 4 is 5.97 Å². The first-order valence-electron chi connectivity index (χ1n) is 5.75. The molecule has 1 unspecified atom stereocenters. The fourth-order valence-corrected chi connectivity index (χ4v) is 1.24. The zero-order valence-corrected chi connectivity index (χ0v) is 10.0. The Morgan fingerprint density at radius 2 is 1.86 bits per heavy atom. The summed E-state index contributed by atoms with van der Waals surface area (Å²) >= 11 is 0. The summed E-state index contributed by atoms with van der Waals surface area (Å²) in [5.74, 6) is 0.538. The lowest BCUT2D eigenvalue weighted by atomic mass is 10.1. The molecule has 2 nitrogen and oxygen atoms in total. The molecule has 0 aliphatic heterocycles.